The van der Waals surface area contributed by atoms with Gasteiger partial charge in [0.05, 0.1) is 0 Å². The summed E-state index contributed by atoms with van der Waals surface area (Å²) in [5.41, 5.74) is 18.9. The van der Waals surface area contributed by atoms with Crippen LogP contribution in [0.25, 0.3) is 0 Å². The number of rotatable bonds is 4. The first-order chi connectivity index (χ1) is 12.2. The minimum absolute atomic E-state index is 0.0150. The van der Waals surface area contributed by atoms with Crippen LogP contribution in [-0.2, 0) is 10.8 Å². The Hall–Kier alpha value is -2.48. The van der Waals surface area contributed by atoms with Crippen LogP contribution in [0.5, 0.6) is 0 Å². The summed E-state index contributed by atoms with van der Waals surface area (Å²) in [6.07, 6.45) is 6.83. The Morgan fingerprint density at radius 3 is 1.15 bits per heavy atom. The largest absolute Gasteiger partial charge is 0.399 e. The van der Waals surface area contributed by atoms with Gasteiger partial charge in [-0.05, 0) is 48.2 Å². The Labute approximate surface area is 157 Å². The van der Waals surface area contributed by atoms with E-state index in [9.17, 15) is 0 Å². The van der Waals surface area contributed by atoms with Crippen molar-refractivity contribution in [3.05, 3.63) is 83.0 Å². The molecule has 0 bridgehead atoms. The van der Waals surface area contributed by atoms with Crippen LogP contribution in [0.1, 0.15) is 51.7 Å². The van der Waals surface area contributed by atoms with Crippen LogP contribution in [0.4, 0.5) is 11.4 Å². The quantitative estimate of drug-likeness (QED) is 0.692. The highest BCUT2D eigenvalue weighted by Crippen LogP contribution is 2.42. The fourth-order valence-electron chi connectivity index (χ4n) is 3.85. The van der Waals surface area contributed by atoms with E-state index in [0.29, 0.717) is 0 Å². The van der Waals surface area contributed by atoms with Gasteiger partial charge in [-0.15, -0.1) is 0 Å². The normalized spacial score (nSPS) is 15.4. The van der Waals surface area contributed by atoms with Crippen LogP contribution in [0.3, 0.4) is 0 Å². The van der Waals surface area contributed by atoms with E-state index in [0.717, 1.165) is 24.2 Å². The molecule has 2 nitrogen and oxygen atoms in total. The van der Waals surface area contributed by atoms with E-state index in [1.807, 2.05) is 24.3 Å². The van der Waals surface area contributed by atoms with Crippen molar-refractivity contribution in [1.29, 1.82) is 0 Å². The maximum atomic E-state index is 5.85. The number of nitrogen functional groups attached to an aromatic ring is 2. The van der Waals surface area contributed by atoms with Crippen LogP contribution < -0.4 is 11.5 Å². The summed E-state index contributed by atoms with van der Waals surface area (Å²) < 4.78 is 0. The SMILES string of the molecule is CC(C)(C1=CC=C(C(C)(C)c2ccc(N)cc2)CC1)c1ccc(N)cc1. The van der Waals surface area contributed by atoms with Crippen molar-refractivity contribution in [2.24, 2.45) is 0 Å². The number of allylic oxidation sites excluding steroid dienone is 4. The number of hydrogen-bond acceptors (Lipinski definition) is 2. The Morgan fingerprint density at radius 2 is 0.885 bits per heavy atom. The van der Waals surface area contributed by atoms with Crippen molar-refractivity contribution in [2.45, 2.75) is 51.4 Å². The van der Waals surface area contributed by atoms with Crippen LogP contribution >= 0.6 is 0 Å². The molecule has 0 saturated heterocycles. The van der Waals surface area contributed by atoms with E-state index in [4.69, 9.17) is 11.5 Å². The topological polar surface area (TPSA) is 52.0 Å². The molecule has 1 aliphatic rings. The first-order valence-electron chi connectivity index (χ1n) is 9.34. The van der Waals surface area contributed by atoms with Crippen molar-refractivity contribution in [3.63, 3.8) is 0 Å². The number of hydrogen-bond donors (Lipinski definition) is 2. The highest BCUT2D eigenvalue weighted by molar-refractivity contribution is 5.48. The van der Waals surface area contributed by atoms with Crippen molar-refractivity contribution in [2.75, 3.05) is 11.5 Å². The second-order valence-electron chi connectivity index (χ2n) is 8.38. The van der Waals surface area contributed by atoms with E-state index in [1.165, 1.54) is 22.3 Å². The lowest BCUT2D eigenvalue weighted by Crippen LogP contribution is -2.25. The molecule has 0 spiro atoms. The second-order valence-corrected chi connectivity index (χ2v) is 8.38. The molecule has 0 unspecified atom stereocenters. The highest BCUT2D eigenvalue weighted by Gasteiger charge is 2.31. The van der Waals surface area contributed by atoms with Gasteiger partial charge in [0, 0.05) is 22.2 Å². The zero-order chi connectivity index (χ0) is 18.9. The maximum absolute atomic E-state index is 5.85. The first kappa shape index (κ1) is 18.3. The Morgan fingerprint density at radius 1 is 0.577 bits per heavy atom. The highest BCUT2D eigenvalue weighted by atomic mass is 14.5. The lowest BCUT2D eigenvalue weighted by molar-refractivity contribution is 0.546. The summed E-state index contributed by atoms with van der Waals surface area (Å²) in [5, 5.41) is 0. The molecule has 0 aliphatic heterocycles. The number of anilines is 2. The summed E-state index contributed by atoms with van der Waals surface area (Å²) in [4.78, 5) is 0. The Balaban J connectivity index is 1.88. The third-order valence-corrected chi connectivity index (χ3v) is 6.02. The molecule has 1 aliphatic carbocycles. The Bertz CT molecular complexity index is 761. The third-order valence-electron chi connectivity index (χ3n) is 6.02. The lowest BCUT2D eigenvalue weighted by Gasteiger charge is -2.35. The summed E-state index contributed by atoms with van der Waals surface area (Å²) in [5.74, 6) is 0. The number of benzene rings is 2. The predicted molar refractivity (Wildman–Crippen MR) is 113 cm³/mol. The van der Waals surface area contributed by atoms with Crippen molar-refractivity contribution < 1.29 is 0 Å². The molecule has 0 amide bonds. The van der Waals surface area contributed by atoms with Gasteiger partial charge in [-0.25, -0.2) is 0 Å². The second kappa shape index (κ2) is 6.68. The molecule has 26 heavy (non-hydrogen) atoms. The zero-order valence-electron chi connectivity index (χ0n) is 16.3. The minimum atomic E-state index is 0.0150. The van der Waals surface area contributed by atoms with Crippen LogP contribution in [0.15, 0.2) is 71.8 Å². The van der Waals surface area contributed by atoms with Gasteiger partial charge in [-0.2, -0.15) is 0 Å². The van der Waals surface area contributed by atoms with Crippen molar-refractivity contribution in [3.8, 4) is 0 Å². The Kier molecular flexibility index (Phi) is 4.70. The van der Waals surface area contributed by atoms with Gasteiger partial charge >= 0.3 is 0 Å². The molecule has 0 heterocycles. The van der Waals surface area contributed by atoms with Crippen molar-refractivity contribution >= 4 is 11.4 Å². The van der Waals surface area contributed by atoms with Gasteiger partial charge in [-0.3, -0.25) is 0 Å². The fourth-order valence-corrected chi connectivity index (χ4v) is 3.85. The molecular weight excluding hydrogens is 316 g/mol. The van der Waals surface area contributed by atoms with Crippen LogP contribution in [-0.4, -0.2) is 0 Å². The molecule has 4 N–H and O–H groups in total. The van der Waals surface area contributed by atoms with Crippen molar-refractivity contribution in [1.82, 2.24) is 0 Å². The van der Waals surface area contributed by atoms with E-state index < -0.39 is 0 Å². The van der Waals surface area contributed by atoms with E-state index in [1.54, 1.807) is 0 Å². The van der Waals surface area contributed by atoms with Gasteiger partial charge in [-0.1, -0.05) is 75.3 Å². The molecule has 0 radical (unpaired) electrons. The third kappa shape index (κ3) is 3.41. The molecule has 2 aromatic carbocycles. The summed E-state index contributed by atoms with van der Waals surface area (Å²) >= 11 is 0. The van der Waals surface area contributed by atoms with Gasteiger partial charge in [0.2, 0.25) is 0 Å². The molecule has 0 fully saturated rings. The molecule has 3 rings (SSSR count). The molecule has 0 atom stereocenters. The van der Waals surface area contributed by atoms with E-state index in [2.05, 4.69) is 64.1 Å². The smallest absolute Gasteiger partial charge is 0.0314 e. The van der Waals surface area contributed by atoms with Gasteiger partial charge < -0.3 is 11.5 Å². The molecule has 136 valence electrons. The summed E-state index contributed by atoms with van der Waals surface area (Å²) in [6.45, 7) is 9.20. The van der Waals surface area contributed by atoms with Crippen LogP contribution in [0.2, 0.25) is 0 Å². The van der Waals surface area contributed by atoms with E-state index in [-0.39, 0.29) is 10.8 Å². The maximum Gasteiger partial charge on any atom is 0.0314 e. The summed E-state index contributed by atoms with van der Waals surface area (Å²) in [6, 6.07) is 16.6. The molecule has 2 heteroatoms. The average Bonchev–Trinajstić information content (AvgIpc) is 2.62. The molecule has 0 aromatic heterocycles. The number of nitrogens with two attached hydrogens (primary N) is 2. The summed E-state index contributed by atoms with van der Waals surface area (Å²) in [7, 11) is 0. The van der Waals surface area contributed by atoms with E-state index >= 15 is 0 Å². The van der Waals surface area contributed by atoms with Gasteiger partial charge in [0.1, 0.15) is 0 Å². The standard InChI is InChI=1S/C24H30N2/c1-23(2,19-9-13-21(25)14-10-19)17-5-7-18(8-6-17)24(3,4)20-11-15-22(26)16-12-20/h5,7,9-16H,6,8,25-26H2,1-4H3. The lowest BCUT2D eigenvalue weighted by atomic mass is 9.69. The average molecular weight is 347 g/mol. The molecular formula is C24H30N2. The van der Waals surface area contributed by atoms with Gasteiger partial charge in [0.15, 0.2) is 0 Å². The van der Waals surface area contributed by atoms with Crippen LogP contribution in [0, 0.1) is 0 Å². The minimum Gasteiger partial charge on any atom is -0.399 e. The monoisotopic (exact) mass is 346 g/mol. The zero-order valence-corrected chi connectivity index (χ0v) is 16.3. The fraction of sp³-hybridized carbons (Fsp3) is 0.333. The van der Waals surface area contributed by atoms with Gasteiger partial charge in [0.25, 0.3) is 0 Å². The molecule has 2 aromatic rings. The predicted octanol–water partition coefficient (Wildman–Crippen LogP) is 5.75. The molecule has 0 saturated carbocycles. The first-order valence-corrected chi connectivity index (χ1v) is 9.34.